The molecule has 1 rings (SSSR count). The van der Waals surface area contributed by atoms with Crippen LogP contribution in [-0.2, 0) is 9.47 Å². The Hall–Kier alpha value is -1.46. The van der Waals surface area contributed by atoms with Crippen molar-refractivity contribution in [2.75, 3.05) is 13.6 Å². The first-order valence-electron chi connectivity index (χ1n) is 7.15. The Morgan fingerprint density at radius 2 is 1.70 bits per heavy atom. The smallest absolute Gasteiger partial charge is 0.407 e. The van der Waals surface area contributed by atoms with Crippen LogP contribution in [0.3, 0.4) is 0 Å². The fourth-order valence-corrected chi connectivity index (χ4v) is 2.21. The third-order valence-electron chi connectivity index (χ3n) is 3.21. The predicted molar refractivity (Wildman–Crippen MR) is 75.5 cm³/mol. The van der Waals surface area contributed by atoms with Gasteiger partial charge >= 0.3 is 12.2 Å². The summed E-state index contributed by atoms with van der Waals surface area (Å²) in [5, 5.41) is 5.25. The predicted octanol–water partition coefficient (Wildman–Crippen LogP) is 2.43. The SMILES string of the molecule is CNC(=O)OC1CCC(CNC(=O)OC(C)(C)C)CC1. The lowest BCUT2D eigenvalue weighted by molar-refractivity contribution is 0.0488. The molecule has 1 fully saturated rings. The molecular formula is C14H26N2O4. The zero-order valence-electron chi connectivity index (χ0n) is 12.8. The van der Waals surface area contributed by atoms with Crippen LogP contribution in [0.2, 0.25) is 0 Å². The highest BCUT2D eigenvalue weighted by Gasteiger charge is 2.24. The molecule has 0 aromatic heterocycles. The lowest BCUT2D eigenvalue weighted by Crippen LogP contribution is -2.37. The third kappa shape index (κ3) is 6.63. The molecule has 2 amide bonds. The maximum absolute atomic E-state index is 11.5. The maximum atomic E-state index is 11.5. The van der Waals surface area contributed by atoms with Crippen molar-refractivity contribution in [3.05, 3.63) is 0 Å². The third-order valence-corrected chi connectivity index (χ3v) is 3.21. The van der Waals surface area contributed by atoms with E-state index < -0.39 is 5.60 Å². The lowest BCUT2D eigenvalue weighted by atomic mass is 9.87. The van der Waals surface area contributed by atoms with E-state index in [1.807, 2.05) is 20.8 Å². The number of rotatable bonds is 3. The van der Waals surface area contributed by atoms with E-state index in [1.54, 1.807) is 7.05 Å². The fourth-order valence-electron chi connectivity index (χ4n) is 2.21. The fraction of sp³-hybridized carbons (Fsp3) is 0.857. The Labute approximate surface area is 120 Å². The van der Waals surface area contributed by atoms with Gasteiger partial charge in [-0.2, -0.15) is 0 Å². The van der Waals surface area contributed by atoms with Crippen LogP contribution in [-0.4, -0.2) is 37.5 Å². The molecule has 0 unspecified atom stereocenters. The van der Waals surface area contributed by atoms with E-state index in [4.69, 9.17) is 9.47 Å². The molecule has 6 heteroatoms. The average Bonchev–Trinajstić information content (AvgIpc) is 2.36. The number of carbonyl (C=O) groups is 2. The molecule has 116 valence electrons. The second-order valence-corrected chi connectivity index (χ2v) is 6.18. The van der Waals surface area contributed by atoms with Crippen LogP contribution in [0.15, 0.2) is 0 Å². The summed E-state index contributed by atoms with van der Waals surface area (Å²) in [6.07, 6.45) is 2.81. The van der Waals surface area contributed by atoms with Gasteiger partial charge in [0.05, 0.1) is 0 Å². The van der Waals surface area contributed by atoms with Gasteiger partial charge in [-0.25, -0.2) is 9.59 Å². The van der Waals surface area contributed by atoms with Crippen molar-refractivity contribution in [2.24, 2.45) is 5.92 Å². The van der Waals surface area contributed by atoms with Gasteiger partial charge in [0.15, 0.2) is 0 Å². The molecule has 1 aliphatic rings. The van der Waals surface area contributed by atoms with Gasteiger partial charge in [-0.15, -0.1) is 0 Å². The number of hydrogen-bond acceptors (Lipinski definition) is 4. The van der Waals surface area contributed by atoms with Crippen LogP contribution in [0, 0.1) is 5.92 Å². The van der Waals surface area contributed by atoms with E-state index in [2.05, 4.69) is 10.6 Å². The summed E-state index contributed by atoms with van der Waals surface area (Å²) in [5.41, 5.74) is -0.469. The number of amides is 2. The van der Waals surface area contributed by atoms with Gasteiger partial charge < -0.3 is 20.1 Å². The van der Waals surface area contributed by atoms with Gasteiger partial charge in [-0.1, -0.05) is 0 Å². The largest absolute Gasteiger partial charge is 0.446 e. The Morgan fingerprint density at radius 3 is 2.20 bits per heavy atom. The molecule has 20 heavy (non-hydrogen) atoms. The minimum absolute atomic E-state index is 0.00673. The van der Waals surface area contributed by atoms with Crippen LogP contribution in [0.5, 0.6) is 0 Å². The van der Waals surface area contributed by atoms with Gasteiger partial charge in [0.2, 0.25) is 0 Å². The van der Waals surface area contributed by atoms with Crippen LogP contribution < -0.4 is 10.6 Å². The highest BCUT2D eigenvalue weighted by atomic mass is 16.6. The molecule has 0 heterocycles. The Bertz CT molecular complexity index is 331. The molecule has 0 radical (unpaired) electrons. The van der Waals surface area contributed by atoms with E-state index in [9.17, 15) is 9.59 Å². The Kier molecular flexibility index (Phi) is 6.10. The van der Waals surface area contributed by atoms with Crippen molar-refractivity contribution in [1.82, 2.24) is 10.6 Å². The Balaban J connectivity index is 2.19. The van der Waals surface area contributed by atoms with Gasteiger partial charge in [0, 0.05) is 13.6 Å². The van der Waals surface area contributed by atoms with Crippen LogP contribution in [0.25, 0.3) is 0 Å². The molecule has 6 nitrogen and oxygen atoms in total. The van der Waals surface area contributed by atoms with Crippen molar-refractivity contribution in [3.8, 4) is 0 Å². The van der Waals surface area contributed by atoms with Gasteiger partial charge in [0.25, 0.3) is 0 Å². The average molecular weight is 286 g/mol. The monoisotopic (exact) mass is 286 g/mol. The minimum Gasteiger partial charge on any atom is -0.446 e. The lowest BCUT2D eigenvalue weighted by Gasteiger charge is -2.28. The van der Waals surface area contributed by atoms with Crippen LogP contribution in [0.4, 0.5) is 9.59 Å². The summed E-state index contributed by atoms with van der Waals surface area (Å²) < 4.78 is 10.4. The van der Waals surface area contributed by atoms with Crippen molar-refractivity contribution < 1.29 is 19.1 Å². The second kappa shape index (κ2) is 7.36. The molecule has 0 aromatic rings. The Morgan fingerprint density at radius 1 is 1.10 bits per heavy atom. The summed E-state index contributed by atoms with van der Waals surface area (Å²) in [5.74, 6) is 0.423. The molecule has 1 saturated carbocycles. The molecule has 2 N–H and O–H groups in total. The van der Waals surface area contributed by atoms with Crippen LogP contribution in [0.1, 0.15) is 46.5 Å². The van der Waals surface area contributed by atoms with Crippen molar-refractivity contribution >= 4 is 12.2 Å². The van der Waals surface area contributed by atoms with Gasteiger partial charge in [0.1, 0.15) is 11.7 Å². The molecule has 0 atom stereocenters. The normalized spacial score (nSPS) is 22.8. The molecule has 0 saturated heterocycles. The highest BCUT2D eigenvalue weighted by molar-refractivity contribution is 5.67. The molecule has 0 aromatic carbocycles. The molecule has 1 aliphatic carbocycles. The molecule has 0 spiro atoms. The minimum atomic E-state index is -0.469. The number of ether oxygens (including phenoxy) is 2. The number of carbonyl (C=O) groups excluding carboxylic acids is 2. The first kappa shape index (κ1) is 16.6. The zero-order chi connectivity index (χ0) is 15.2. The van der Waals surface area contributed by atoms with Crippen molar-refractivity contribution in [2.45, 2.75) is 58.2 Å². The van der Waals surface area contributed by atoms with Crippen molar-refractivity contribution in [1.29, 1.82) is 0 Å². The molecule has 0 bridgehead atoms. The first-order valence-corrected chi connectivity index (χ1v) is 7.15. The van der Waals surface area contributed by atoms with E-state index >= 15 is 0 Å². The molecular weight excluding hydrogens is 260 g/mol. The first-order chi connectivity index (χ1) is 9.30. The van der Waals surface area contributed by atoms with E-state index in [-0.39, 0.29) is 18.3 Å². The molecule has 0 aliphatic heterocycles. The zero-order valence-corrected chi connectivity index (χ0v) is 12.8. The topological polar surface area (TPSA) is 76.7 Å². The summed E-state index contributed by atoms with van der Waals surface area (Å²) in [7, 11) is 1.55. The summed E-state index contributed by atoms with van der Waals surface area (Å²) in [6.45, 7) is 6.14. The van der Waals surface area contributed by atoms with Crippen LogP contribution >= 0.6 is 0 Å². The number of alkyl carbamates (subject to hydrolysis) is 2. The van der Waals surface area contributed by atoms with Crippen molar-refractivity contribution in [3.63, 3.8) is 0 Å². The number of nitrogens with one attached hydrogen (secondary N) is 2. The van der Waals surface area contributed by atoms with Gasteiger partial charge in [-0.3, -0.25) is 0 Å². The van der Waals surface area contributed by atoms with Gasteiger partial charge in [-0.05, 0) is 52.4 Å². The quantitative estimate of drug-likeness (QED) is 0.835. The maximum Gasteiger partial charge on any atom is 0.407 e. The second-order valence-electron chi connectivity index (χ2n) is 6.18. The summed E-state index contributed by atoms with van der Waals surface area (Å²) in [4.78, 5) is 22.6. The highest BCUT2D eigenvalue weighted by Crippen LogP contribution is 2.25. The van der Waals surface area contributed by atoms with E-state index in [0.29, 0.717) is 12.5 Å². The standard InChI is InChI=1S/C14H26N2O4/c1-14(2,3)20-13(18)16-9-10-5-7-11(8-6-10)19-12(17)15-4/h10-11H,5-9H2,1-4H3,(H,15,17)(H,16,18). The number of hydrogen-bond donors (Lipinski definition) is 2. The van der Waals surface area contributed by atoms with E-state index in [0.717, 1.165) is 25.7 Å². The summed E-state index contributed by atoms with van der Waals surface area (Å²) >= 11 is 0. The summed E-state index contributed by atoms with van der Waals surface area (Å²) in [6, 6.07) is 0. The van der Waals surface area contributed by atoms with E-state index in [1.165, 1.54) is 0 Å².